The number of hydrogen-bond donors (Lipinski definition) is 1. The number of methoxy groups -OCH3 is 1. The molecule has 0 bridgehead atoms. The molecule has 2 aliphatic heterocycles. The van der Waals surface area contributed by atoms with Crippen LogP contribution in [0, 0.1) is 17.2 Å². The van der Waals surface area contributed by atoms with Gasteiger partial charge in [0, 0.05) is 32.3 Å². The summed E-state index contributed by atoms with van der Waals surface area (Å²) in [6, 6.07) is 23.0. The second-order valence-corrected chi connectivity index (χ2v) is 13.4. The number of hydrogen-bond acceptors (Lipinski definition) is 11. The molecular formula is C39H46N4O8S. The first-order valence-corrected chi connectivity index (χ1v) is 18.2. The number of nitrogen functional groups attached to an aromatic ring is 1. The van der Waals surface area contributed by atoms with Gasteiger partial charge in [0.15, 0.2) is 0 Å². The van der Waals surface area contributed by atoms with Gasteiger partial charge in [0.2, 0.25) is 0 Å². The molecule has 2 aromatic carbocycles. The van der Waals surface area contributed by atoms with Gasteiger partial charge in [0.25, 0.3) is 0 Å². The van der Waals surface area contributed by atoms with Crippen LogP contribution in [0.15, 0.2) is 78.4 Å². The maximum Gasteiger partial charge on any atom is 0.410 e. The summed E-state index contributed by atoms with van der Waals surface area (Å²) < 4.78 is 20.6. The third kappa shape index (κ3) is 11.9. The van der Waals surface area contributed by atoms with Gasteiger partial charge in [-0.15, -0.1) is 11.3 Å². The van der Waals surface area contributed by atoms with Crippen LogP contribution in [-0.4, -0.2) is 73.8 Å². The molecule has 0 unspecified atom stereocenters. The number of esters is 2. The van der Waals surface area contributed by atoms with Gasteiger partial charge in [-0.2, -0.15) is 5.26 Å². The first-order valence-electron chi connectivity index (χ1n) is 17.3. The first kappa shape index (κ1) is 39.4. The molecule has 0 radical (unpaired) electrons. The zero-order valence-electron chi connectivity index (χ0n) is 29.7. The fraction of sp³-hybridized carbons (Fsp3) is 0.410. The number of piperidine rings is 2. The zero-order valence-corrected chi connectivity index (χ0v) is 30.5. The average molecular weight is 731 g/mol. The number of ether oxygens (including phenoxy) is 4. The minimum absolute atomic E-state index is 0.108. The van der Waals surface area contributed by atoms with Crippen molar-refractivity contribution in [3.8, 4) is 6.07 Å². The van der Waals surface area contributed by atoms with Crippen molar-refractivity contribution >= 4 is 40.5 Å². The molecule has 0 spiro atoms. The van der Waals surface area contributed by atoms with Crippen molar-refractivity contribution in [2.45, 2.75) is 58.2 Å². The van der Waals surface area contributed by atoms with Crippen molar-refractivity contribution in [3.05, 3.63) is 99.9 Å². The third-order valence-corrected chi connectivity index (χ3v) is 9.91. The van der Waals surface area contributed by atoms with Crippen molar-refractivity contribution < 1.29 is 38.1 Å². The predicted molar refractivity (Wildman–Crippen MR) is 196 cm³/mol. The van der Waals surface area contributed by atoms with E-state index in [1.54, 1.807) is 16.7 Å². The summed E-state index contributed by atoms with van der Waals surface area (Å²) in [5.41, 5.74) is 9.54. The quantitative estimate of drug-likeness (QED) is 0.130. The number of anilines is 1. The number of benzene rings is 2. The minimum atomic E-state index is -0.355. The predicted octanol–water partition coefficient (Wildman–Crippen LogP) is 7.07. The van der Waals surface area contributed by atoms with E-state index in [4.69, 9.17) is 25.2 Å². The Morgan fingerprint density at radius 1 is 0.846 bits per heavy atom. The van der Waals surface area contributed by atoms with Crippen LogP contribution in [0.3, 0.4) is 0 Å². The fourth-order valence-corrected chi connectivity index (χ4v) is 7.05. The van der Waals surface area contributed by atoms with E-state index in [1.165, 1.54) is 24.5 Å². The van der Waals surface area contributed by atoms with Crippen molar-refractivity contribution in [3.63, 3.8) is 0 Å². The van der Waals surface area contributed by atoms with Gasteiger partial charge in [-0.05, 0) is 72.8 Å². The Morgan fingerprint density at radius 2 is 1.37 bits per heavy atom. The number of nitrogens with two attached hydrogens (primary N) is 1. The fourth-order valence-electron chi connectivity index (χ4n) is 6.15. The van der Waals surface area contributed by atoms with Crippen LogP contribution in [0.5, 0.6) is 0 Å². The minimum Gasteiger partial charge on any atom is -0.469 e. The Hall–Kier alpha value is -5.35. The summed E-state index contributed by atoms with van der Waals surface area (Å²) in [6.45, 7) is 4.92. The van der Waals surface area contributed by atoms with Gasteiger partial charge in [-0.25, -0.2) is 14.4 Å². The highest BCUT2D eigenvalue weighted by Gasteiger charge is 2.30. The highest BCUT2D eigenvalue weighted by Crippen LogP contribution is 2.37. The van der Waals surface area contributed by atoms with Gasteiger partial charge < -0.3 is 34.5 Å². The number of rotatable bonds is 10. The van der Waals surface area contributed by atoms with E-state index in [2.05, 4.69) is 4.74 Å². The van der Waals surface area contributed by atoms with Crippen LogP contribution in [0.2, 0.25) is 0 Å². The SMILES string of the molecule is CCOC(=O)c1sc(N)cc1C1CCN(C(=O)OCc2ccccc2)CC1.COC(=O)C/C(=C/C#N)C1CCN(C(=O)OCc2ccccc2)CC1. The highest BCUT2D eigenvalue weighted by atomic mass is 32.1. The van der Waals surface area contributed by atoms with Crippen LogP contribution < -0.4 is 5.73 Å². The van der Waals surface area contributed by atoms with Gasteiger partial charge in [0.1, 0.15) is 18.1 Å². The molecule has 52 heavy (non-hydrogen) atoms. The lowest BCUT2D eigenvalue weighted by Crippen LogP contribution is -2.39. The van der Waals surface area contributed by atoms with Gasteiger partial charge in [0.05, 0.1) is 31.2 Å². The molecule has 276 valence electrons. The van der Waals surface area contributed by atoms with Crippen molar-refractivity contribution in [2.24, 2.45) is 5.92 Å². The number of nitriles is 1. The van der Waals surface area contributed by atoms with E-state index in [1.807, 2.05) is 72.8 Å². The molecule has 3 aromatic rings. The van der Waals surface area contributed by atoms with Crippen LogP contribution >= 0.6 is 11.3 Å². The normalized spacial score (nSPS) is 15.1. The summed E-state index contributed by atoms with van der Waals surface area (Å²) in [7, 11) is 1.33. The van der Waals surface area contributed by atoms with Gasteiger partial charge >= 0.3 is 24.1 Å². The van der Waals surface area contributed by atoms with Gasteiger partial charge in [-0.3, -0.25) is 4.79 Å². The van der Waals surface area contributed by atoms with E-state index in [0.29, 0.717) is 55.5 Å². The van der Waals surface area contributed by atoms with E-state index in [9.17, 15) is 19.2 Å². The average Bonchev–Trinajstić information content (AvgIpc) is 3.58. The van der Waals surface area contributed by atoms with E-state index < -0.39 is 0 Å². The van der Waals surface area contributed by atoms with Crippen molar-refractivity contribution in [1.82, 2.24) is 9.80 Å². The van der Waals surface area contributed by atoms with E-state index >= 15 is 0 Å². The molecule has 1 aromatic heterocycles. The van der Waals surface area contributed by atoms with E-state index in [-0.39, 0.29) is 55.6 Å². The standard InChI is InChI=1S/C20H24N2O4S.C19H22N2O4/c1-2-25-19(23)18-16(12-17(21)27-18)15-8-10-22(11-9-15)20(24)26-13-14-6-4-3-5-7-14;1-24-18(22)13-17(7-10-20)16-8-11-21(12-9-16)19(23)25-14-15-5-3-2-4-6-15/h3-7,12,15H,2,8-11,13,21H2,1H3;2-7,16H,8-9,11-14H2,1H3/b;17-7-. The van der Waals surface area contributed by atoms with Crippen LogP contribution in [0.25, 0.3) is 0 Å². The molecular weight excluding hydrogens is 685 g/mol. The Bertz CT molecular complexity index is 1690. The van der Waals surface area contributed by atoms with E-state index in [0.717, 1.165) is 35.1 Å². The molecule has 5 rings (SSSR count). The number of carbonyl (C=O) groups is 4. The van der Waals surface area contributed by atoms with Crippen LogP contribution in [0.4, 0.5) is 14.6 Å². The Labute approximate surface area is 308 Å². The summed E-state index contributed by atoms with van der Waals surface area (Å²) in [6.07, 6.45) is 3.84. The number of carbonyl (C=O) groups excluding carboxylic acids is 4. The molecule has 0 aliphatic carbocycles. The number of nitrogens with zero attached hydrogens (tertiary/aromatic N) is 3. The maximum atomic E-state index is 12.3. The largest absolute Gasteiger partial charge is 0.469 e. The molecule has 2 fully saturated rings. The molecule has 0 saturated carbocycles. The monoisotopic (exact) mass is 730 g/mol. The lowest BCUT2D eigenvalue weighted by atomic mass is 9.87. The second-order valence-electron chi connectivity index (χ2n) is 12.4. The molecule has 12 nitrogen and oxygen atoms in total. The smallest absolute Gasteiger partial charge is 0.410 e. The summed E-state index contributed by atoms with van der Waals surface area (Å²) in [5.74, 6) is -0.377. The highest BCUT2D eigenvalue weighted by molar-refractivity contribution is 7.17. The number of allylic oxidation sites excluding steroid dienone is 1. The first-order chi connectivity index (χ1) is 25.2. The van der Waals surface area contributed by atoms with Crippen molar-refractivity contribution in [2.75, 3.05) is 45.6 Å². The second kappa shape index (κ2) is 20.5. The summed E-state index contributed by atoms with van der Waals surface area (Å²) in [5, 5.41) is 9.52. The number of thiophene rings is 1. The molecule has 2 amide bonds. The van der Waals surface area contributed by atoms with Crippen LogP contribution in [0.1, 0.15) is 71.3 Å². The Kier molecular flexibility index (Phi) is 15.5. The summed E-state index contributed by atoms with van der Waals surface area (Å²) >= 11 is 1.27. The lowest BCUT2D eigenvalue weighted by Gasteiger charge is -2.32. The molecule has 2 saturated heterocycles. The molecule has 0 atom stereocenters. The number of likely N-dealkylation sites (tertiary alicyclic amines) is 2. The van der Waals surface area contributed by atoms with Crippen molar-refractivity contribution in [1.29, 1.82) is 5.26 Å². The lowest BCUT2D eigenvalue weighted by molar-refractivity contribution is -0.139. The molecule has 13 heteroatoms. The Balaban J connectivity index is 0.000000234. The number of amides is 2. The zero-order chi connectivity index (χ0) is 37.3. The third-order valence-electron chi connectivity index (χ3n) is 8.95. The Morgan fingerprint density at radius 3 is 1.85 bits per heavy atom. The maximum absolute atomic E-state index is 12.3. The molecule has 2 N–H and O–H groups in total. The summed E-state index contributed by atoms with van der Waals surface area (Å²) in [4.78, 5) is 52.1. The molecule has 3 heterocycles. The van der Waals surface area contributed by atoms with Gasteiger partial charge in [-0.1, -0.05) is 60.7 Å². The molecule has 2 aliphatic rings. The van der Waals surface area contributed by atoms with Crippen LogP contribution in [-0.2, 0) is 37.0 Å². The topological polar surface area (TPSA) is 161 Å².